The smallest absolute Gasteiger partial charge is 0.138 e. The highest BCUT2D eigenvalue weighted by molar-refractivity contribution is 5.80. The zero-order valence-electron chi connectivity index (χ0n) is 15.2. The normalized spacial score (nSPS) is 39.6. The minimum atomic E-state index is -1.41. The molecule has 4 aliphatic rings. The van der Waals surface area contributed by atoms with E-state index in [0.29, 0.717) is 0 Å². The molecule has 140 valence electrons. The molecule has 0 aromatic rings. The Morgan fingerprint density at radius 1 is 0.769 bits per heavy atom. The lowest BCUT2D eigenvalue weighted by Crippen LogP contribution is -2.45. The van der Waals surface area contributed by atoms with E-state index >= 15 is 8.78 Å². The van der Waals surface area contributed by atoms with Crippen molar-refractivity contribution in [3.05, 3.63) is 48.6 Å². The number of carbonyl (C=O) groups excluding carboxylic acids is 1. The lowest BCUT2D eigenvalue weighted by molar-refractivity contribution is -0.123. The second-order valence-electron chi connectivity index (χ2n) is 8.56. The molecule has 0 aliphatic heterocycles. The standard InChI is InChI=1S/C23H28F2O/c24-22(17-9-5-10-17)13-3-1-7-19(22)15-21(26)16-20-8-2-4-14-23(20,25)18-11-6-12-18/h1-4,7-8,13-14,17-20H,5-6,9-12,15-16H2. The van der Waals surface area contributed by atoms with Crippen molar-refractivity contribution in [2.75, 3.05) is 0 Å². The van der Waals surface area contributed by atoms with Crippen LogP contribution in [-0.4, -0.2) is 17.1 Å². The molecule has 4 aliphatic carbocycles. The first kappa shape index (κ1) is 17.9. The van der Waals surface area contributed by atoms with Crippen LogP contribution in [0.1, 0.15) is 51.4 Å². The Hall–Kier alpha value is -1.51. The zero-order valence-corrected chi connectivity index (χ0v) is 15.2. The maximum Gasteiger partial charge on any atom is 0.138 e. The van der Waals surface area contributed by atoms with Crippen LogP contribution in [0.4, 0.5) is 8.78 Å². The van der Waals surface area contributed by atoms with E-state index in [9.17, 15) is 4.79 Å². The molecule has 0 radical (unpaired) electrons. The lowest BCUT2D eigenvalue weighted by atomic mass is 9.64. The number of Topliss-reactive ketones (excluding diaryl/α,β-unsaturated/α-hetero) is 1. The summed E-state index contributed by atoms with van der Waals surface area (Å²) >= 11 is 0. The van der Waals surface area contributed by atoms with Crippen molar-refractivity contribution in [3.63, 3.8) is 0 Å². The van der Waals surface area contributed by atoms with Crippen LogP contribution >= 0.6 is 0 Å². The largest absolute Gasteiger partial charge is 0.300 e. The van der Waals surface area contributed by atoms with E-state index in [4.69, 9.17) is 0 Å². The fourth-order valence-corrected chi connectivity index (χ4v) is 4.95. The van der Waals surface area contributed by atoms with E-state index in [2.05, 4.69) is 0 Å². The van der Waals surface area contributed by atoms with Gasteiger partial charge in [0.15, 0.2) is 0 Å². The summed E-state index contributed by atoms with van der Waals surface area (Å²) in [6.07, 6.45) is 20.2. The fourth-order valence-electron chi connectivity index (χ4n) is 4.95. The van der Waals surface area contributed by atoms with Crippen molar-refractivity contribution in [3.8, 4) is 0 Å². The van der Waals surface area contributed by atoms with Crippen molar-refractivity contribution in [2.24, 2.45) is 23.7 Å². The second kappa shape index (κ2) is 6.90. The predicted octanol–water partition coefficient (Wildman–Crippen LogP) is 5.84. The molecule has 2 saturated carbocycles. The van der Waals surface area contributed by atoms with Gasteiger partial charge in [-0.25, -0.2) is 8.78 Å². The van der Waals surface area contributed by atoms with Gasteiger partial charge in [-0.2, -0.15) is 0 Å². The highest BCUT2D eigenvalue weighted by atomic mass is 19.1. The summed E-state index contributed by atoms with van der Waals surface area (Å²) in [5, 5.41) is 0. The molecule has 4 rings (SSSR count). The number of hydrogen-bond acceptors (Lipinski definition) is 1. The Morgan fingerprint density at radius 2 is 1.19 bits per heavy atom. The molecule has 0 heterocycles. The first-order chi connectivity index (χ1) is 12.5. The van der Waals surface area contributed by atoms with Crippen LogP contribution in [0.3, 0.4) is 0 Å². The third-order valence-corrected chi connectivity index (χ3v) is 7.11. The van der Waals surface area contributed by atoms with E-state index < -0.39 is 23.2 Å². The Balaban J connectivity index is 1.43. The van der Waals surface area contributed by atoms with Gasteiger partial charge in [0.1, 0.15) is 17.1 Å². The van der Waals surface area contributed by atoms with E-state index in [1.807, 2.05) is 24.3 Å². The Kier molecular flexibility index (Phi) is 4.75. The maximum atomic E-state index is 15.6. The first-order valence-corrected chi connectivity index (χ1v) is 10.1. The third-order valence-electron chi connectivity index (χ3n) is 7.11. The highest BCUT2D eigenvalue weighted by Gasteiger charge is 2.49. The monoisotopic (exact) mass is 358 g/mol. The molecule has 0 N–H and O–H groups in total. The average molecular weight is 358 g/mol. The van der Waals surface area contributed by atoms with Crippen molar-refractivity contribution in [2.45, 2.75) is 62.7 Å². The van der Waals surface area contributed by atoms with Gasteiger partial charge in [0, 0.05) is 24.7 Å². The van der Waals surface area contributed by atoms with Gasteiger partial charge in [0.05, 0.1) is 0 Å². The summed E-state index contributed by atoms with van der Waals surface area (Å²) in [6, 6.07) is 0. The lowest BCUT2D eigenvalue weighted by Gasteiger charge is -2.43. The minimum Gasteiger partial charge on any atom is -0.300 e. The number of halogens is 2. The number of carbonyl (C=O) groups is 1. The molecule has 26 heavy (non-hydrogen) atoms. The average Bonchev–Trinajstić information content (AvgIpc) is 2.48. The van der Waals surface area contributed by atoms with Gasteiger partial charge in [-0.1, -0.05) is 49.3 Å². The van der Waals surface area contributed by atoms with Crippen LogP contribution in [-0.2, 0) is 4.79 Å². The number of allylic oxidation sites excluding steroid dienone is 8. The van der Waals surface area contributed by atoms with E-state index in [-0.39, 0.29) is 30.5 Å². The molecule has 1 nitrogen and oxygen atoms in total. The first-order valence-electron chi connectivity index (χ1n) is 10.1. The van der Waals surface area contributed by atoms with E-state index in [1.165, 1.54) is 0 Å². The molecule has 0 aromatic carbocycles. The van der Waals surface area contributed by atoms with Gasteiger partial charge < -0.3 is 0 Å². The van der Waals surface area contributed by atoms with Gasteiger partial charge in [-0.15, -0.1) is 0 Å². The van der Waals surface area contributed by atoms with Gasteiger partial charge in [-0.3, -0.25) is 4.79 Å². The van der Waals surface area contributed by atoms with Gasteiger partial charge in [0.25, 0.3) is 0 Å². The Labute approximate surface area is 154 Å². The number of alkyl halides is 2. The SMILES string of the molecule is O=C(CC1C=CC=CC1(F)C1CCC1)CC1C=CC=CC1(F)C1CCC1. The van der Waals surface area contributed by atoms with Crippen molar-refractivity contribution in [1.82, 2.24) is 0 Å². The zero-order chi connectivity index (χ0) is 18.2. The van der Waals surface area contributed by atoms with Crippen LogP contribution in [0.5, 0.6) is 0 Å². The Morgan fingerprint density at radius 3 is 1.54 bits per heavy atom. The summed E-state index contributed by atoms with van der Waals surface area (Å²) < 4.78 is 31.2. The third kappa shape index (κ3) is 3.04. The number of rotatable bonds is 6. The number of hydrogen-bond donors (Lipinski definition) is 0. The van der Waals surface area contributed by atoms with Crippen molar-refractivity contribution in [1.29, 1.82) is 0 Å². The Bertz CT molecular complexity index is 612. The van der Waals surface area contributed by atoms with Crippen LogP contribution in [0.2, 0.25) is 0 Å². The summed E-state index contributed by atoms with van der Waals surface area (Å²) in [4.78, 5) is 12.8. The summed E-state index contributed by atoms with van der Waals surface area (Å²) in [6.45, 7) is 0. The molecule has 0 amide bonds. The van der Waals surface area contributed by atoms with Crippen LogP contribution in [0.25, 0.3) is 0 Å². The maximum absolute atomic E-state index is 15.6. The second-order valence-corrected chi connectivity index (χ2v) is 8.56. The van der Waals surface area contributed by atoms with Crippen molar-refractivity contribution < 1.29 is 13.6 Å². The summed E-state index contributed by atoms with van der Waals surface area (Å²) in [5.41, 5.74) is -2.82. The van der Waals surface area contributed by atoms with Gasteiger partial charge in [-0.05, 0) is 49.7 Å². The molecular weight excluding hydrogens is 330 g/mol. The van der Waals surface area contributed by atoms with Crippen LogP contribution in [0.15, 0.2) is 48.6 Å². The minimum absolute atomic E-state index is 0.0225. The molecule has 4 atom stereocenters. The molecule has 0 aromatic heterocycles. The molecular formula is C23H28F2O. The molecule has 0 saturated heterocycles. The fraction of sp³-hybridized carbons (Fsp3) is 0.609. The van der Waals surface area contributed by atoms with Crippen LogP contribution < -0.4 is 0 Å². The van der Waals surface area contributed by atoms with Crippen LogP contribution in [0, 0.1) is 23.7 Å². The molecule has 2 fully saturated rings. The summed E-state index contributed by atoms with van der Waals surface area (Å²) in [7, 11) is 0. The summed E-state index contributed by atoms with van der Waals surface area (Å²) in [5.74, 6) is -0.802. The topological polar surface area (TPSA) is 17.1 Å². The van der Waals surface area contributed by atoms with Gasteiger partial charge in [0.2, 0.25) is 0 Å². The highest BCUT2D eigenvalue weighted by Crippen LogP contribution is 2.49. The van der Waals surface area contributed by atoms with Gasteiger partial charge >= 0.3 is 0 Å². The molecule has 0 spiro atoms. The molecule has 3 heteroatoms. The quantitative estimate of drug-likeness (QED) is 0.583. The molecule has 0 bridgehead atoms. The van der Waals surface area contributed by atoms with E-state index in [0.717, 1.165) is 38.5 Å². The molecule has 4 unspecified atom stereocenters. The predicted molar refractivity (Wildman–Crippen MR) is 100 cm³/mol. The number of ketones is 1. The van der Waals surface area contributed by atoms with Crippen molar-refractivity contribution >= 4 is 5.78 Å². The van der Waals surface area contributed by atoms with E-state index in [1.54, 1.807) is 24.3 Å².